The van der Waals surface area contributed by atoms with Gasteiger partial charge in [-0.15, -0.1) is 0 Å². The average Bonchev–Trinajstić information content (AvgIpc) is 3.17. The molecule has 1 amide bonds. The van der Waals surface area contributed by atoms with E-state index in [4.69, 9.17) is 5.73 Å². The number of rotatable bonds is 2. The summed E-state index contributed by atoms with van der Waals surface area (Å²) in [6, 6.07) is 0. The van der Waals surface area contributed by atoms with Crippen LogP contribution in [0.25, 0.3) is 0 Å². The van der Waals surface area contributed by atoms with Crippen molar-refractivity contribution in [2.75, 3.05) is 13.1 Å². The van der Waals surface area contributed by atoms with Crippen molar-refractivity contribution >= 4 is 5.91 Å². The normalized spacial score (nSPS) is 48.2. The van der Waals surface area contributed by atoms with Crippen molar-refractivity contribution in [3.05, 3.63) is 0 Å². The van der Waals surface area contributed by atoms with Crippen molar-refractivity contribution in [3.63, 3.8) is 0 Å². The number of amides is 1. The molecular formula is C17H26N2O. The number of nitrogens with zero attached hydrogens (tertiary/aromatic N) is 1. The van der Waals surface area contributed by atoms with Crippen molar-refractivity contribution in [3.8, 4) is 0 Å². The molecule has 1 saturated heterocycles. The van der Waals surface area contributed by atoms with E-state index in [-0.39, 0.29) is 5.54 Å². The average molecular weight is 274 g/mol. The Morgan fingerprint density at radius 1 is 0.950 bits per heavy atom. The third kappa shape index (κ3) is 1.59. The molecule has 5 saturated carbocycles. The van der Waals surface area contributed by atoms with Crippen LogP contribution in [-0.4, -0.2) is 29.4 Å². The van der Waals surface area contributed by atoms with E-state index in [1.54, 1.807) is 0 Å². The maximum atomic E-state index is 12.9. The van der Waals surface area contributed by atoms with Gasteiger partial charge in [0.05, 0.1) is 5.54 Å². The Kier molecular flexibility index (Phi) is 2.28. The zero-order valence-corrected chi connectivity index (χ0v) is 12.3. The minimum atomic E-state index is -0.0123. The summed E-state index contributed by atoms with van der Waals surface area (Å²) in [7, 11) is 0. The summed E-state index contributed by atoms with van der Waals surface area (Å²) >= 11 is 0. The molecule has 3 nitrogen and oxygen atoms in total. The van der Waals surface area contributed by atoms with Crippen molar-refractivity contribution in [1.82, 2.24) is 4.90 Å². The number of carbonyl (C=O) groups excluding carboxylic acids is 1. The maximum Gasteiger partial charge on any atom is 0.226 e. The standard InChI is InChI=1S/C17H26N2O/c18-17(14-1-2-14)8-19(9-17)16(20)15-12-4-10-3-11(6-12)7-13(15)5-10/h10-15H,1-9,18H2. The minimum absolute atomic E-state index is 0.0123. The highest BCUT2D eigenvalue weighted by molar-refractivity contribution is 5.81. The van der Waals surface area contributed by atoms with Crippen LogP contribution in [0.5, 0.6) is 0 Å². The first-order valence-corrected chi connectivity index (χ1v) is 8.70. The summed E-state index contributed by atoms with van der Waals surface area (Å²) in [5.74, 6) is 4.90. The summed E-state index contributed by atoms with van der Waals surface area (Å²) in [5.41, 5.74) is 6.40. The van der Waals surface area contributed by atoms with Crippen molar-refractivity contribution < 1.29 is 4.79 Å². The third-order valence-electron chi connectivity index (χ3n) is 7.18. The Morgan fingerprint density at radius 3 is 2.00 bits per heavy atom. The lowest BCUT2D eigenvalue weighted by Crippen LogP contribution is -2.71. The van der Waals surface area contributed by atoms with Gasteiger partial charge in [-0.2, -0.15) is 0 Å². The van der Waals surface area contributed by atoms with Crippen LogP contribution in [0.3, 0.4) is 0 Å². The lowest BCUT2D eigenvalue weighted by Gasteiger charge is -2.57. The largest absolute Gasteiger partial charge is 0.339 e. The molecule has 5 aliphatic carbocycles. The topological polar surface area (TPSA) is 46.3 Å². The predicted molar refractivity (Wildman–Crippen MR) is 76.8 cm³/mol. The van der Waals surface area contributed by atoms with Gasteiger partial charge < -0.3 is 10.6 Å². The van der Waals surface area contributed by atoms with Crippen LogP contribution in [0.1, 0.15) is 44.9 Å². The Hall–Kier alpha value is -0.570. The first kappa shape index (κ1) is 12.0. The number of hydrogen-bond acceptors (Lipinski definition) is 2. The summed E-state index contributed by atoms with van der Waals surface area (Å²) < 4.78 is 0. The summed E-state index contributed by atoms with van der Waals surface area (Å²) in [6.07, 6.45) is 9.40. The Morgan fingerprint density at radius 2 is 1.50 bits per heavy atom. The van der Waals surface area contributed by atoms with Crippen LogP contribution in [0, 0.1) is 35.5 Å². The first-order chi connectivity index (χ1) is 9.62. The molecule has 6 rings (SSSR count). The van der Waals surface area contributed by atoms with E-state index in [1.807, 2.05) is 0 Å². The van der Waals surface area contributed by atoms with Gasteiger partial charge in [-0.1, -0.05) is 0 Å². The van der Waals surface area contributed by atoms with E-state index in [0.717, 1.165) is 24.9 Å². The molecule has 0 aromatic rings. The predicted octanol–water partition coefficient (Wildman–Crippen LogP) is 2.01. The molecule has 0 atom stereocenters. The van der Waals surface area contributed by atoms with Gasteiger partial charge in [0.1, 0.15) is 0 Å². The molecule has 0 spiro atoms. The monoisotopic (exact) mass is 274 g/mol. The first-order valence-electron chi connectivity index (χ1n) is 8.70. The molecular weight excluding hydrogens is 248 g/mol. The smallest absolute Gasteiger partial charge is 0.226 e. The molecule has 20 heavy (non-hydrogen) atoms. The van der Waals surface area contributed by atoms with E-state index in [9.17, 15) is 4.79 Å². The highest BCUT2D eigenvalue weighted by Crippen LogP contribution is 2.57. The fourth-order valence-corrected chi connectivity index (χ4v) is 6.28. The molecule has 6 aliphatic rings. The van der Waals surface area contributed by atoms with E-state index in [1.165, 1.54) is 44.9 Å². The lowest BCUT2D eigenvalue weighted by atomic mass is 9.51. The van der Waals surface area contributed by atoms with E-state index in [0.29, 0.717) is 29.6 Å². The molecule has 0 aromatic heterocycles. The fourth-order valence-electron chi connectivity index (χ4n) is 6.28. The van der Waals surface area contributed by atoms with Gasteiger partial charge in [-0.3, -0.25) is 4.79 Å². The highest BCUT2D eigenvalue weighted by Gasteiger charge is 2.56. The van der Waals surface area contributed by atoms with E-state index >= 15 is 0 Å². The number of likely N-dealkylation sites (tertiary alicyclic amines) is 1. The lowest BCUT2D eigenvalue weighted by molar-refractivity contribution is -0.157. The van der Waals surface area contributed by atoms with Crippen LogP contribution in [-0.2, 0) is 4.79 Å². The Bertz CT molecular complexity index is 422. The molecule has 4 bridgehead atoms. The van der Waals surface area contributed by atoms with Crippen molar-refractivity contribution in [2.24, 2.45) is 41.2 Å². The van der Waals surface area contributed by atoms with Gasteiger partial charge in [-0.25, -0.2) is 0 Å². The van der Waals surface area contributed by atoms with Crippen LogP contribution in [0.4, 0.5) is 0 Å². The van der Waals surface area contributed by atoms with Crippen LogP contribution in [0.15, 0.2) is 0 Å². The van der Waals surface area contributed by atoms with E-state index < -0.39 is 0 Å². The van der Waals surface area contributed by atoms with Crippen molar-refractivity contribution in [1.29, 1.82) is 0 Å². The van der Waals surface area contributed by atoms with Gasteiger partial charge in [0.15, 0.2) is 0 Å². The quantitative estimate of drug-likeness (QED) is 0.837. The molecule has 2 N–H and O–H groups in total. The number of nitrogens with two attached hydrogens (primary N) is 1. The summed E-state index contributed by atoms with van der Waals surface area (Å²) in [5, 5.41) is 0. The minimum Gasteiger partial charge on any atom is -0.339 e. The second-order valence-corrected chi connectivity index (χ2v) is 8.66. The zero-order chi connectivity index (χ0) is 13.5. The summed E-state index contributed by atoms with van der Waals surface area (Å²) in [6.45, 7) is 1.69. The maximum absolute atomic E-state index is 12.9. The molecule has 1 heterocycles. The zero-order valence-electron chi connectivity index (χ0n) is 12.3. The van der Waals surface area contributed by atoms with Gasteiger partial charge in [0.2, 0.25) is 5.91 Å². The third-order valence-corrected chi connectivity index (χ3v) is 7.18. The van der Waals surface area contributed by atoms with Gasteiger partial charge in [0, 0.05) is 19.0 Å². The van der Waals surface area contributed by atoms with Gasteiger partial charge in [-0.05, 0) is 74.5 Å². The van der Waals surface area contributed by atoms with Crippen LogP contribution >= 0.6 is 0 Å². The highest BCUT2D eigenvalue weighted by atomic mass is 16.2. The Balaban J connectivity index is 1.30. The Labute approximate surface area is 121 Å². The number of carbonyl (C=O) groups is 1. The molecule has 0 aromatic carbocycles. The van der Waals surface area contributed by atoms with Crippen molar-refractivity contribution in [2.45, 2.75) is 50.5 Å². The second-order valence-electron chi connectivity index (χ2n) is 8.66. The fraction of sp³-hybridized carbons (Fsp3) is 0.941. The second kappa shape index (κ2) is 3.79. The van der Waals surface area contributed by atoms with Gasteiger partial charge in [0.25, 0.3) is 0 Å². The van der Waals surface area contributed by atoms with E-state index in [2.05, 4.69) is 4.90 Å². The van der Waals surface area contributed by atoms with Gasteiger partial charge >= 0.3 is 0 Å². The molecule has 3 heteroatoms. The molecule has 0 radical (unpaired) electrons. The molecule has 6 fully saturated rings. The molecule has 1 aliphatic heterocycles. The molecule has 0 unspecified atom stereocenters. The van der Waals surface area contributed by atoms with Crippen LogP contribution in [0.2, 0.25) is 0 Å². The molecule has 110 valence electrons. The summed E-state index contributed by atoms with van der Waals surface area (Å²) in [4.78, 5) is 15.0. The number of hydrogen-bond donors (Lipinski definition) is 1. The SMILES string of the molecule is NC1(C2CC2)CN(C(=O)C2C3CC4CC(C3)CC2C4)C1. The van der Waals surface area contributed by atoms with Crippen LogP contribution < -0.4 is 5.73 Å².